The van der Waals surface area contributed by atoms with Gasteiger partial charge in [-0.3, -0.25) is 4.40 Å². The van der Waals surface area contributed by atoms with E-state index in [-0.39, 0.29) is 12.0 Å². The number of fused-ring (bicyclic) bond motifs is 2. The molecule has 0 bridgehead atoms. The Morgan fingerprint density at radius 3 is 3.16 bits per heavy atom. The first-order valence-electron chi connectivity index (χ1n) is 6.48. The molecule has 0 fully saturated rings. The minimum absolute atomic E-state index is 0.274. The van der Waals surface area contributed by atoms with Gasteiger partial charge in [0, 0.05) is 30.1 Å². The van der Waals surface area contributed by atoms with Crippen molar-refractivity contribution in [1.82, 2.24) is 9.38 Å². The van der Waals surface area contributed by atoms with Gasteiger partial charge in [-0.1, -0.05) is 24.3 Å². The predicted octanol–water partition coefficient (Wildman–Crippen LogP) is 2.64. The fourth-order valence-corrected chi connectivity index (χ4v) is 3.59. The Morgan fingerprint density at radius 2 is 2.32 bits per heavy atom. The van der Waals surface area contributed by atoms with Gasteiger partial charge in [0.2, 0.25) is 0 Å². The van der Waals surface area contributed by atoms with E-state index >= 15 is 0 Å². The van der Waals surface area contributed by atoms with Crippen LogP contribution in [-0.2, 0) is 12.8 Å². The van der Waals surface area contributed by atoms with Gasteiger partial charge in [0.05, 0.1) is 11.8 Å². The molecule has 2 aromatic heterocycles. The summed E-state index contributed by atoms with van der Waals surface area (Å²) in [5, 5.41) is 12.4. The number of aromatic nitrogens is 2. The molecule has 4 rings (SSSR count). The van der Waals surface area contributed by atoms with Crippen LogP contribution in [0.1, 0.15) is 22.7 Å². The topological polar surface area (TPSA) is 37.5 Å². The van der Waals surface area contributed by atoms with Crippen molar-refractivity contribution in [2.45, 2.75) is 24.9 Å². The molecule has 2 heterocycles. The van der Waals surface area contributed by atoms with Gasteiger partial charge >= 0.3 is 0 Å². The van der Waals surface area contributed by atoms with Crippen molar-refractivity contribution in [2.75, 3.05) is 0 Å². The zero-order chi connectivity index (χ0) is 12.8. The summed E-state index contributed by atoms with van der Waals surface area (Å²) < 4.78 is 2.02. The molecule has 3 aromatic rings. The lowest BCUT2D eigenvalue weighted by atomic mass is 9.73. The van der Waals surface area contributed by atoms with E-state index in [1.165, 1.54) is 11.1 Å². The lowest BCUT2D eigenvalue weighted by molar-refractivity contribution is 0.132. The fourth-order valence-electron chi connectivity index (χ4n) is 2.87. The van der Waals surface area contributed by atoms with Crippen LogP contribution in [0.25, 0.3) is 4.96 Å². The molecule has 1 aromatic carbocycles. The third kappa shape index (κ3) is 1.79. The van der Waals surface area contributed by atoms with E-state index in [9.17, 15) is 5.11 Å². The van der Waals surface area contributed by atoms with Crippen molar-refractivity contribution in [3.05, 3.63) is 58.9 Å². The molecule has 96 valence electrons. The van der Waals surface area contributed by atoms with Crippen molar-refractivity contribution >= 4 is 16.3 Å². The molecule has 4 heteroatoms. The van der Waals surface area contributed by atoms with Crippen molar-refractivity contribution in [3.8, 4) is 0 Å². The quantitative estimate of drug-likeness (QED) is 0.794. The molecule has 1 aliphatic rings. The number of nitrogens with zero attached hydrogens (tertiary/aromatic N) is 2. The zero-order valence-corrected chi connectivity index (χ0v) is 11.2. The van der Waals surface area contributed by atoms with Gasteiger partial charge < -0.3 is 5.11 Å². The van der Waals surface area contributed by atoms with Crippen molar-refractivity contribution in [2.24, 2.45) is 0 Å². The molecule has 0 saturated carbocycles. The second kappa shape index (κ2) is 4.18. The fraction of sp³-hybridized carbons (Fsp3) is 0.267. The van der Waals surface area contributed by atoms with Crippen LogP contribution in [0.2, 0.25) is 0 Å². The first-order valence-corrected chi connectivity index (χ1v) is 7.36. The van der Waals surface area contributed by atoms with Gasteiger partial charge in [0.1, 0.15) is 0 Å². The summed E-state index contributed by atoms with van der Waals surface area (Å²) in [7, 11) is 0. The lowest BCUT2D eigenvalue weighted by Crippen LogP contribution is -2.30. The minimum atomic E-state index is -0.334. The molecule has 1 aliphatic carbocycles. The molecular weight excluding hydrogens is 256 g/mol. The minimum Gasteiger partial charge on any atom is -0.392 e. The average molecular weight is 270 g/mol. The third-order valence-electron chi connectivity index (χ3n) is 3.92. The zero-order valence-electron chi connectivity index (χ0n) is 10.4. The van der Waals surface area contributed by atoms with E-state index in [4.69, 9.17) is 0 Å². The van der Waals surface area contributed by atoms with Crippen LogP contribution in [0.5, 0.6) is 0 Å². The second-order valence-corrected chi connectivity index (χ2v) is 5.98. The molecule has 0 amide bonds. The van der Waals surface area contributed by atoms with E-state index < -0.39 is 0 Å². The summed E-state index contributed by atoms with van der Waals surface area (Å²) in [5.41, 5.74) is 3.65. The number of aliphatic hydroxyl groups is 1. The van der Waals surface area contributed by atoms with Crippen molar-refractivity contribution in [3.63, 3.8) is 0 Å². The Kier molecular flexibility index (Phi) is 2.47. The van der Waals surface area contributed by atoms with Crippen LogP contribution < -0.4 is 0 Å². The Balaban J connectivity index is 1.53. The monoisotopic (exact) mass is 270 g/mol. The number of hydrogen-bond donors (Lipinski definition) is 1. The Bertz CT molecular complexity index is 702. The normalized spacial score (nSPS) is 19.1. The summed E-state index contributed by atoms with van der Waals surface area (Å²) in [6.07, 6.45) is 5.30. The summed E-state index contributed by atoms with van der Waals surface area (Å²) in [6, 6.07) is 8.37. The van der Waals surface area contributed by atoms with Crippen LogP contribution in [0.15, 0.2) is 42.0 Å². The largest absolute Gasteiger partial charge is 0.392 e. The standard InChI is InChI=1S/C15H14N2OS/c18-14(13-7-10-3-1-2-4-12(10)13)8-11-9-17-5-6-19-15(17)16-11/h1-6,9,13-14,18H,7-8H2. The molecule has 0 saturated heterocycles. The van der Waals surface area contributed by atoms with Gasteiger partial charge in [-0.05, 0) is 17.5 Å². The van der Waals surface area contributed by atoms with Gasteiger partial charge in [-0.15, -0.1) is 11.3 Å². The Morgan fingerprint density at radius 1 is 1.42 bits per heavy atom. The van der Waals surface area contributed by atoms with Crippen LogP contribution >= 0.6 is 11.3 Å². The molecule has 0 aliphatic heterocycles. The highest BCUT2D eigenvalue weighted by molar-refractivity contribution is 7.15. The number of rotatable bonds is 3. The maximum atomic E-state index is 10.4. The first-order chi connectivity index (χ1) is 9.31. The highest BCUT2D eigenvalue weighted by atomic mass is 32.1. The summed E-state index contributed by atoms with van der Waals surface area (Å²) in [6.45, 7) is 0. The van der Waals surface area contributed by atoms with Gasteiger partial charge in [-0.2, -0.15) is 0 Å². The molecule has 2 unspecified atom stereocenters. The molecule has 2 atom stereocenters. The Hall–Kier alpha value is -1.65. The van der Waals surface area contributed by atoms with Crippen LogP contribution in [0, 0.1) is 0 Å². The van der Waals surface area contributed by atoms with Crippen molar-refractivity contribution < 1.29 is 5.11 Å². The molecule has 0 radical (unpaired) electrons. The smallest absolute Gasteiger partial charge is 0.193 e. The molecule has 19 heavy (non-hydrogen) atoms. The van der Waals surface area contributed by atoms with E-state index in [0.717, 1.165) is 17.1 Å². The van der Waals surface area contributed by atoms with Gasteiger partial charge in [0.15, 0.2) is 4.96 Å². The predicted molar refractivity (Wildman–Crippen MR) is 75.7 cm³/mol. The van der Waals surface area contributed by atoms with Crippen LogP contribution in [-0.4, -0.2) is 20.6 Å². The van der Waals surface area contributed by atoms with Crippen LogP contribution in [0.4, 0.5) is 0 Å². The van der Waals surface area contributed by atoms with Gasteiger partial charge in [0.25, 0.3) is 0 Å². The van der Waals surface area contributed by atoms with E-state index in [2.05, 4.69) is 23.2 Å². The number of benzene rings is 1. The molecule has 1 N–H and O–H groups in total. The number of hydrogen-bond acceptors (Lipinski definition) is 3. The molecule has 0 spiro atoms. The first kappa shape index (κ1) is 11.2. The molecular formula is C15H14N2OS. The highest BCUT2D eigenvalue weighted by Gasteiger charge is 2.31. The molecule has 3 nitrogen and oxygen atoms in total. The van der Waals surface area contributed by atoms with Crippen LogP contribution in [0.3, 0.4) is 0 Å². The summed E-state index contributed by atoms with van der Waals surface area (Å²) >= 11 is 1.62. The Labute approximate surface area is 115 Å². The summed E-state index contributed by atoms with van der Waals surface area (Å²) in [5.74, 6) is 0.274. The van der Waals surface area contributed by atoms with E-state index in [1.807, 2.05) is 28.2 Å². The second-order valence-electron chi connectivity index (χ2n) is 5.11. The number of thiazole rings is 1. The van der Waals surface area contributed by atoms with Gasteiger partial charge in [-0.25, -0.2) is 4.98 Å². The number of aliphatic hydroxyl groups excluding tert-OH is 1. The highest BCUT2D eigenvalue weighted by Crippen LogP contribution is 2.38. The maximum absolute atomic E-state index is 10.4. The lowest BCUT2D eigenvalue weighted by Gasteiger charge is -2.33. The van der Waals surface area contributed by atoms with Crippen molar-refractivity contribution in [1.29, 1.82) is 0 Å². The third-order valence-corrected chi connectivity index (χ3v) is 4.69. The maximum Gasteiger partial charge on any atom is 0.193 e. The number of imidazole rings is 1. The average Bonchev–Trinajstić information content (AvgIpc) is 2.91. The SMILES string of the molecule is OC(Cc1cn2ccsc2n1)C1Cc2ccccc21. The van der Waals surface area contributed by atoms with E-state index in [0.29, 0.717) is 6.42 Å². The van der Waals surface area contributed by atoms with E-state index in [1.54, 1.807) is 11.3 Å². The summed E-state index contributed by atoms with van der Waals surface area (Å²) in [4.78, 5) is 5.53.